The summed E-state index contributed by atoms with van der Waals surface area (Å²) in [6.45, 7) is 2.07. The third-order valence-corrected chi connectivity index (χ3v) is 2.10. The summed E-state index contributed by atoms with van der Waals surface area (Å²) in [5, 5.41) is 0. The molecule has 0 aromatic carbocycles. The van der Waals surface area contributed by atoms with Crippen molar-refractivity contribution in [3.05, 3.63) is 18.7 Å². The maximum Gasteiger partial charge on any atom is 0.347 e. The van der Waals surface area contributed by atoms with E-state index in [0.29, 0.717) is 0 Å². The fourth-order valence-electron chi connectivity index (χ4n) is 1.32. The van der Waals surface area contributed by atoms with E-state index in [0.717, 1.165) is 19.3 Å². The monoisotopic (exact) mass is 197 g/mol. The zero-order valence-electron chi connectivity index (χ0n) is 8.22. The third kappa shape index (κ3) is 2.56. The molecule has 1 atom stereocenters. The van der Waals surface area contributed by atoms with Crippen LogP contribution in [0.1, 0.15) is 32.2 Å². The minimum Gasteiger partial charge on any atom is -0.372 e. The van der Waals surface area contributed by atoms with Crippen LogP contribution in [0.15, 0.2) is 18.7 Å². The van der Waals surface area contributed by atoms with Crippen molar-refractivity contribution in [2.24, 2.45) is 5.90 Å². The largest absolute Gasteiger partial charge is 0.372 e. The molecular weight excluding hydrogens is 182 g/mol. The van der Waals surface area contributed by atoms with E-state index in [1.54, 1.807) is 23.3 Å². The molecule has 1 unspecified atom stereocenters. The SMILES string of the molecule is CCCCC(C(=O)ON)n1ccnc1. The van der Waals surface area contributed by atoms with Crippen molar-refractivity contribution in [2.45, 2.75) is 32.2 Å². The van der Waals surface area contributed by atoms with Crippen LogP contribution in [0, 0.1) is 0 Å². The summed E-state index contributed by atoms with van der Waals surface area (Å²) < 4.78 is 1.71. The van der Waals surface area contributed by atoms with Crippen LogP contribution in [0.5, 0.6) is 0 Å². The lowest BCUT2D eigenvalue weighted by molar-refractivity contribution is -0.148. The molecule has 1 aromatic rings. The molecule has 0 fully saturated rings. The van der Waals surface area contributed by atoms with E-state index in [-0.39, 0.29) is 6.04 Å². The van der Waals surface area contributed by atoms with E-state index < -0.39 is 5.97 Å². The van der Waals surface area contributed by atoms with Crippen molar-refractivity contribution in [2.75, 3.05) is 0 Å². The van der Waals surface area contributed by atoms with Gasteiger partial charge in [-0.25, -0.2) is 9.78 Å². The maximum absolute atomic E-state index is 11.3. The molecule has 0 radical (unpaired) electrons. The van der Waals surface area contributed by atoms with E-state index in [9.17, 15) is 4.79 Å². The normalized spacial score (nSPS) is 12.4. The maximum atomic E-state index is 11.3. The molecule has 1 rings (SSSR count). The number of hydrogen-bond donors (Lipinski definition) is 1. The van der Waals surface area contributed by atoms with Crippen molar-refractivity contribution in [3.63, 3.8) is 0 Å². The molecule has 0 aliphatic rings. The molecule has 0 spiro atoms. The van der Waals surface area contributed by atoms with Gasteiger partial charge in [-0.3, -0.25) is 0 Å². The van der Waals surface area contributed by atoms with Crippen LogP contribution < -0.4 is 5.90 Å². The molecule has 0 aliphatic heterocycles. The first-order chi connectivity index (χ1) is 6.79. The molecular formula is C9H15N3O2. The lowest BCUT2D eigenvalue weighted by atomic mass is 10.1. The van der Waals surface area contributed by atoms with Gasteiger partial charge in [-0.05, 0) is 6.42 Å². The van der Waals surface area contributed by atoms with Crippen molar-refractivity contribution >= 4 is 5.97 Å². The molecule has 1 heterocycles. The molecule has 5 nitrogen and oxygen atoms in total. The van der Waals surface area contributed by atoms with E-state index in [1.165, 1.54) is 0 Å². The number of nitrogens with two attached hydrogens (primary N) is 1. The van der Waals surface area contributed by atoms with Crippen LogP contribution >= 0.6 is 0 Å². The Bertz CT molecular complexity index is 272. The van der Waals surface area contributed by atoms with Gasteiger partial charge in [-0.1, -0.05) is 19.8 Å². The van der Waals surface area contributed by atoms with Crippen LogP contribution in [0.25, 0.3) is 0 Å². The molecule has 0 saturated heterocycles. The Labute approximate surface area is 82.8 Å². The van der Waals surface area contributed by atoms with Crippen molar-refractivity contribution in [1.82, 2.24) is 9.55 Å². The molecule has 1 aromatic heterocycles. The predicted molar refractivity (Wildman–Crippen MR) is 51.1 cm³/mol. The standard InChI is InChI=1S/C9H15N3O2/c1-2-3-4-8(9(13)14-10)12-6-5-11-7-12/h5-8H,2-4,10H2,1H3. The number of imidazole rings is 1. The second kappa shape index (κ2) is 5.39. The first kappa shape index (κ1) is 10.7. The second-order valence-electron chi connectivity index (χ2n) is 3.10. The minimum atomic E-state index is -0.420. The molecule has 78 valence electrons. The van der Waals surface area contributed by atoms with Gasteiger partial charge < -0.3 is 9.40 Å². The van der Waals surface area contributed by atoms with Gasteiger partial charge in [-0.15, -0.1) is 0 Å². The zero-order chi connectivity index (χ0) is 10.4. The highest BCUT2D eigenvalue weighted by Gasteiger charge is 2.20. The number of rotatable bonds is 5. The van der Waals surface area contributed by atoms with Crippen LogP contribution in [0.4, 0.5) is 0 Å². The number of carbonyl (C=O) groups excluding carboxylic acids is 1. The number of nitrogens with zero attached hydrogens (tertiary/aromatic N) is 2. The molecule has 0 bridgehead atoms. The third-order valence-electron chi connectivity index (χ3n) is 2.10. The Balaban J connectivity index is 2.67. The van der Waals surface area contributed by atoms with Crippen LogP contribution in [-0.4, -0.2) is 15.5 Å². The average molecular weight is 197 g/mol. The molecule has 0 amide bonds. The van der Waals surface area contributed by atoms with E-state index in [1.807, 2.05) is 0 Å². The predicted octanol–water partition coefficient (Wildman–Crippen LogP) is 1.03. The first-order valence-corrected chi connectivity index (χ1v) is 4.67. The highest BCUT2D eigenvalue weighted by atomic mass is 16.7. The van der Waals surface area contributed by atoms with Crippen LogP contribution in [0.2, 0.25) is 0 Å². The molecule has 2 N–H and O–H groups in total. The van der Waals surface area contributed by atoms with Gasteiger partial charge in [-0.2, -0.15) is 5.90 Å². The van der Waals surface area contributed by atoms with Gasteiger partial charge in [0.05, 0.1) is 6.33 Å². The molecule has 5 heteroatoms. The molecule has 0 aliphatic carbocycles. The summed E-state index contributed by atoms with van der Waals surface area (Å²) in [5.41, 5.74) is 0. The Morgan fingerprint density at radius 1 is 1.71 bits per heavy atom. The van der Waals surface area contributed by atoms with Gasteiger partial charge >= 0.3 is 5.97 Å². The highest BCUT2D eigenvalue weighted by molar-refractivity contribution is 5.73. The van der Waals surface area contributed by atoms with Gasteiger partial charge in [0.2, 0.25) is 0 Å². The van der Waals surface area contributed by atoms with E-state index >= 15 is 0 Å². The second-order valence-corrected chi connectivity index (χ2v) is 3.10. The first-order valence-electron chi connectivity index (χ1n) is 4.67. The van der Waals surface area contributed by atoms with Crippen molar-refractivity contribution in [3.8, 4) is 0 Å². The molecule has 14 heavy (non-hydrogen) atoms. The minimum absolute atomic E-state index is 0.345. The molecule has 0 saturated carbocycles. The Kier molecular flexibility index (Phi) is 4.12. The Hall–Kier alpha value is -1.36. The summed E-state index contributed by atoms with van der Waals surface area (Å²) >= 11 is 0. The number of unbranched alkanes of at least 4 members (excludes halogenated alkanes) is 1. The number of aromatic nitrogens is 2. The lowest BCUT2D eigenvalue weighted by Crippen LogP contribution is -2.23. The van der Waals surface area contributed by atoms with E-state index in [2.05, 4.69) is 16.7 Å². The van der Waals surface area contributed by atoms with Gasteiger partial charge in [0.1, 0.15) is 6.04 Å². The number of carbonyl (C=O) groups is 1. The summed E-state index contributed by atoms with van der Waals surface area (Å²) in [4.78, 5) is 19.4. The zero-order valence-corrected chi connectivity index (χ0v) is 8.22. The van der Waals surface area contributed by atoms with Crippen molar-refractivity contribution < 1.29 is 9.63 Å². The topological polar surface area (TPSA) is 70.1 Å². The fourth-order valence-corrected chi connectivity index (χ4v) is 1.32. The fraction of sp³-hybridized carbons (Fsp3) is 0.556. The average Bonchev–Trinajstić information content (AvgIpc) is 2.71. The summed E-state index contributed by atoms with van der Waals surface area (Å²) in [5.74, 6) is 4.45. The summed E-state index contributed by atoms with van der Waals surface area (Å²) in [6.07, 6.45) is 7.67. The van der Waals surface area contributed by atoms with Gasteiger partial charge in [0.15, 0.2) is 0 Å². The summed E-state index contributed by atoms with van der Waals surface area (Å²) in [6, 6.07) is -0.345. The van der Waals surface area contributed by atoms with Gasteiger partial charge in [0.25, 0.3) is 0 Å². The smallest absolute Gasteiger partial charge is 0.347 e. The summed E-state index contributed by atoms with van der Waals surface area (Å²) in [7, 11) is 0. The Morgan fingerprint density at radius 2 is 2.50 bits per heavy atom. The van der Waals surface area contributed by atoms with Gasteiger partial charge in [0, 0.05) is 12.4 Å². The highest BCUT2D eigenvalue weighted by Crippen LogP contribution is 2.15. The van der Waals surface area contributed by atoms with E-state index in [4.69, 9.17) is 5.90 Å². The van der Waals surface area contributed by atoms with Crippen LogP contribution in [0.3, 0.4) is 0 Å². The lowest BCUT2D eigenvalue weighted by Gasteiger charge is -2.14. The number of hydrogen-bond acceptors (Lipinski definition) is 4. The quantitative estimate of drug-likeness (QED) is 0.716. The van der Waals surface area contributed by atoms with Crippen LogP contribution in [-0.2, 0) is 9.63 Å². The Morgan fingerprint density at radius 3 is 3.00 bits per heavy atom. The van der Waals surface area contributed by atoms with Crippen molar-refractivity contribution in [1.29, 1.82) is 0 Å².